The third-order valence-corrected chi connectivity index (χ3v) is 6.15. The van der Waals surface area contributed by atoms with Crippen molar-refractivity contribution in [3.63, 3.8) is 0 Å². The molecule has 7 nitrogen and oxygen atoms in total. The first-order chi connectivity index (χ1) is 14.2. The van der Waals surface area contributed by atoms with E-state index in [1.54, 1.807) is 36.5 Å². The van der Waals surface area contributed by atoms with Crippen molar-refractivity contribution in [2.24, 2.45) is 0 Å². The van der Waals surface area contributed by atoms with Crippen molar-refractivity contribution < 1.29 is 13.2 Å². The molecule has 9 heteroatoms. The zero-order valence-electron chi connectivity index (χ0n) is 16.5. The highest BCUT2D eigenvalue weighted by Crippen LogP contribution is 2.19. The molecule has 0 spiro atoms. The number of amides is 1. The van der Waals surface area contributed by atoms with Gasteiger partial charge >= 0.3 is 0 Å². The van der Waals surface area contributed by atoms with Crippen molar-refractivity contribution in [3.8, 4) is 0 Å². The second kappa shape index (κ2) is 9.27. The molecule has 0 aliphatic carbocycles. The first kappa shape index (κ1) is 21.8. The zero-order valence-corrected chi connectivity index (χ0v) is 18.9. The van der Waals surface area contributed by atoms with Gasteiger partial charge in [-0.2, -0.15) is 0 Å². The SMILES string of the molecule is CN(C)c1ccc(CNC(=O)c2cccc(NS(=O)(=O)c3ccc(Br)cc3)c2)cn1. The molecule has 0 bridgehead atoms. The number of nitrogens with zero attached hydrogens (tertiary/aromatic N) is 2. The lowest BCUT2D eigenvalue weighted by Gasteiger charge is -2.12. The first-order valence-corrected chi connectivity index (χ1v) is 11.3. The Morgan fingerprint density at radius 1 is 1.07 bits per heavy atom. The predicted octanol–water partition coefficient (Wildman–Crippen LogP) is 3.64. The minimum atomic E-state index is -3.75. The number of anilines is 2. The van der Waals surface area contributed by atoms with Crippen molar-refractivity contribution in [1.29, 1.82) is 0 Å². The number of pyridine rings is 1. The van der Waals surface area contributed by atoms with Crippen LogP contribution < -0.4 is 14.9 Å². The van der Waals surface area contributed by atoms with Gasteiger partial charge in [0.15, 0.2) is 0 Å². The van der Waals surface area contributed by atoms with Gasteiger partial charge in [-0.15, -0.1) is 0 Å². The number of aromatic nitrogens is 1. The number of nitrogens with one attached hydrogen (secondary N) is 2. The highest BCUT2D eigenvalue weighted by Gasteiger charge is 2.15. The third-order valence-electron chi connectivity index (χ3n) is 4.22. The van der Waals surface area contributed by atoms with Crippen LogP contribution in [-0.4, -0.2) is 33.4 Å². The van der Waals surface area contributed by atoms with Gasteiger partial charge < -0.3 is 10.2 Å². The van der Waals surface area contributed by atoms with Crippen molar-refractivity contribution >= 4 is 43.4 Å². The molecule has 2 N–H and O–H groups in total. The molecule has 30 heavy (non-hydrogen) atoms. The van der Waals surface area contributed by atoms with Gasteiger partial charge in [-0.3, -0.25) is 9.52 Å². The maximum atomic E-state index is 12.5. The Labute approximate surface area is 184 Å². The lowest BCUT2D eigenvalue weighted by molar-refractivity contribution is 0.0951. The number of halogens is 1. The summed E-state index contributed by atoms with van der Waals surface area (Å²) in [5, 5.41) is 2.82. The molecule has 0 saturated carbocycles. The fourth-order valence-electron chi connectivity index (χ4n) is 2.62. The third kappa shape index (κ3) is 5.58. The molecule has 0 fully saturated rings. The fraction of sp³-hybridized carbons (Fsp3) is 0.143. The van der Waals surface area contributed by atoms with E-state index >= 15 is 0 Å². The molecule has 1 heterocycles. The molecule has 3 rings (SSSR count). The van der Waals surface area contributed by atoms with E-state index in [0.29, 0.717) is 17.8 Å². The van der Waals surface area contributed by atoms with Gasteiger partial charge in [-0.25, -0.2) is 13.4 Å². The molecule has 156 valence electrons. The summed E-state index contributed by atoms with van der Waals surface area (Å²) >= 11 is 3.28. The topological polar surface area (TPSA) is 91.4 Å². The van der Waals surface area contributed by atoms with Crippen LogP contribution in [0, 0.1) is 0 Å². The average molecular weight is 489 g/mol. The highest BCUT2D eigenvalue weighted by molar-refractivity contribution is 9.10. The van der Waals surface area contributed by atoms with Crippen LogP contribution in [0.5, 0.6) is 0 Å². The summed E-state index contributed by atoms with van der Waals surface area (Å²) in [5.41, 5.74) is 1.52. The van der Waals surface area contributed by atoms with Crippen molar-refractivity contribution in [1.82, 2.24) is 10.3 Å². The second-order valence-corrected chi connectivity index (χ2v) is 9.34. The van der Waals surface area contributed by atoms with Gasteiger partial charge in [0.05, 0.1) is 4.90 Å². The molecule has 1 aromatic heterocycles. The van der Waals surface area contributed by atoms with E-state index in [1.165, 1.54) is 18.2 Å². The number of sulfonamides is 1. The second-order valence-electron chi connectivity index (χ2n) is 6.74. The number of rotatable bonds is 7. The van der Waals surface area contributed by atoms with Crippen molar-refractivity contribution in [3.05, 3.63) is 82.5 Å². The number of hydrogen-bond acceptors (Lipinski definition) is 5. The molecule has 0 aliphatic rings. The summed E-state index contributed by atoms with van der Waals surface area (Å²) in [5.74, 6) is 0.521. The van der Waals surface area contributed by atoms with Gasteiger partial charge in [0.1, 0.15) is 5.82 Å². The van der Waals surface area contributed by atoms with Crippen LogP contribution in [0.25, 0.3) is 0 Å². The molecule has 0 atom stereocenters. The molecule has 3 aromatic rings. The fourth-order valence-corrected chi connectivity index (χ4v) is 3.94. The van der Waals surface area contributed by atoms with Crippen LogP contribution in [-0.2, 0) is 16.6 Å². The number of benzene rings is 2. The molecular weight excluding hydrogens is 468 g/mol. The lowest BCUT2D eigenvalue weighted by Crippen LogP contribution is -2.23. The van der Waals surface area contributed by atoms with Gasteiger partial charge in [0.2, 0.25) is 0 Å². The maximum absolute atomic E-state index is 12.5. The molecule has 1 amide bonds. The Morgan fingerprint density at radius 2 is 1.80 bits per heavy atom. The number of hydrogen-bond donors (Lipinski definition) is 2. The maximum Gasteiger partial charge on any atom is 0.261 e. The van der Waals surface area contributed by atoms with Crippen LogP contribution in [0.4, 0.5) is 11.5 Å². The molecule has 0 unspecified atom stereocenters. The van der Waals surface area contributed by atoms with Crippen LogP contribution >= 0.6 is 15.9 Å². The summed E-state index contributed by atoms with van der Waals surface area (Å²) in [6, 6.07) is 16.4. The van der Waals surface area contributed by atoms with Crippen LogP contribution in [0.1, 0.15) is 15.9 Å². The average Bonchev–Trinajstić information content (AvgIpc) is 2.72. The van der Waals surface area contributed by atoms with Gasteiger partial charge in [-0.1, -0.05) is 28.1 Å². The van der Waals surface area contributed by atoms with E-state index in [4.69, 9.17) is 0 Å². The summed E-state index contributed by atoms with van der Waals surface area (Å²) in [7, 11) is 0.0552. The summed E-state index contributed by atoms with van der Waals surface area (Å²) in [6.07, 6.45) is 1.71. The predicted molar refractivity (Wildman–Crippen MR) is 121 cm³/mol. The minimum Gasteiger partial charge on any atom is -0.363 e. The van der Waals surface area contributed by atoms with Crippen LogP contribution in [0.2, 0.25) is 0 Å². The highest BCUT2D eigenvalue weighted by atomic mass is 79.9. The number of carbonyl (C=O) groups excluding carboxylic acids is 1. The van der Waals surface area contributed by atoms with E-state index in [9.17, 15) is 13.2 Å². The van der Waals surface area contributed by atoms with Gasteiger partial charge in [0, 0.05) is 42.6 Å². The Balaban J connectivity index is 1.67. The molecule has 2 aromatic carbocycles. The largest absolute Gasteiger partial charge is 0.363 e. The van der Waals surface area contributed by atoms with Crippen LogP contribution in [0.3, 0.4) is 0 Å². The number of carbonyl (C=O) groups is 1. The molecule has 0 radical (unpaired) electrons. The summed E-state index contributed by atoms with van der Waals surface area (Å²) in [6.45, 7) is 0.314. The van der Waals surface area contributed by atoms with E-state index in [2.05, 4.69) is 31.0 Å². The van der Waals surface area contributed by atoms with E-state index < -0.39 is 10.0 Å². The first-order valence-electron chi connectivity index (χ1n) is 9.03. The lowest BCUT2D eigenvalue weighted by atomic mass is 10.2. The van der Waals surface area contributed by atoms with Gasteiger partial charge in [0.25, 0.3) is 15.9 Å². The monoisotopic (exact) mass is 488 g/mol. The van der Waals surface area contributed by atoms with Crippen LogP contribution in [0.15, 0.2) is 76.2 Å². The van der Waals surface area contributed by atoms with E-state index in [1.807, 2.05) is 31.1 Å². The van der Waals surface area contributed by atoms with Gasteiger partial charge in [-0.05, 0) is 54.1 Å². The molecular formula is C21H21BrN4O3S. The smallest absolute Gasteiger partial charge is 0.261 e. The van der Waals surface area contributed by atoms with Crippen molar-refractivity contribution in [2.75, 3.05) is 23.7 Å². The quantitative estimate of drug-likeness (QED) is 0.529. The van der Waals surface area contributed by atoms with E-state index in [-0.39, 0.29) is 10.8 Å². The summed E-state index contributed by atoms with van der Waals surface area (Å²) < 4.78 is 28.4. The van der Waals surface area contributed by atoms with Crippen molar-refractivity contribution in [2.45, 2.75) is 11.4 Å². The minimum absolute atomic E-state index is 0.134. The Hall–Kier alpha value is -2.91. The summed E-state index contributed by atoms with van der Waals surface area (Å²) in [4.78, 5) is 18.8. The van der Waals surface area contributed by atoms with E-state index in [0.717, 1.165) is 15.9 Å². The Bertz CT molecular complexity index is 1130. The normalized spacial score (nSPS) is 11.0. The Morgan fingerprint density at radius 3 is 2.43 bits per heavy atom. The molecule has 0 aliphatic heterocycles. The standard InChI is InChI=1S/C21H21BrN4O3S/c1-26(2)20-11-6-15(13-23-20)14-24-21(27)16-4-3-5-18(12-16)25-30(28,29)19-9-7-17(22)8-10-19/h3-13,25H,14H2,1-2H3,(H,24,27). The Kier molecular flexibility index (Phi) is 6.73. The molecule has 0 saturated heterocycles. The zero-order chi connectivity index (χ0) is 21.7.